The van der Waals surface area contributed by atoms with Crippen molar-refractivity contribution in [2.24, 2.45) is 0 Å². The smallest absolute Gasteiger partial charge is 0.0980 e. The van der Waals surface area contributed by atoms with Crippen molar-refractivity contribution >= 4 is 34.5 Å². The number of rotatable bonds is 5. The van der Waals surface area contributed by atoms with E-state index < -0.39 is 0 Å². The third-order valence-electron chi connectivity index (χ3n) is 3.41. The Morgan fingerprint density at radius 2 is 1.87 bits per heavy atom. The van der Waals surface area contributed by atoms with Crippen LogP contribution >= 0.6 is 34.5 Å². The zero-order valence-corrected chi connectivity index (χ0v) is 14.9. The minimum Gasteiger partial charge on any atom is -0.379 e. The van der Waals surface area contributed by atoms with E-state index in [1.807, 2.05) is 30.3 Å². The summed E-state index contributed by atoms with van der Waals surface area (Å²) in [6.45, 7) is 0.547. The first-order valence-corrected chi connectivity index (χ1v) is 8.71. The van der Waals surface area contributed by atoms with Crippen molar-refractivity contribution in [3.8, 4) is 11.3 Å². The molecule has 0 aliphatic carbocycles. The molecule has 1 heterocycles. The topological polar surface area (TPSA) is 22.1 Å². The van der Waals surface area contributed by atoms with Crippen LogP contribution in [0, 0.1) is 0 Å². The van der Waals surface area contributed by atoms with Crippen LogP contribution in [0.2, 0.25) is 10.0 Å². The fourth-order valence-corrected chi connectivity index (χ4v) is 3.83. The number of hydrogen-bond acceptors (Lipinski definition) is 3. The fourth-order valence-electron chi connectivity index (χ4n) is 2.37. The van der Waals surface area contributed by atoms with Gasteiger partial charge in [-0.3, -0.25) is 0 Å². The van der Waals surface area contributed by atoms with Crippen LogP contribution in [0.15, 0.2) is 48.5 Å². The highest BCUT2D eigenvalue weighted by molar-refractivity contribution is 7.12. The molecular formula is C18H15Cl2NOS. The van der Waals surface area contributed by atoms with Crippen LogP contribution in [0.1, 0.15) is 15.4 Å². The molecule has 3 aromatic rings. The number of halogens is 2. The molecule has 2 aromatic carbocycles. The number of ether oxygens (including phenoxy) is 1. The molecule has 0 saturated carbocycles. The summed E-state index contributed by atoms with van der Waals surface area (Å²) < 4.78 is 5.32. The minimum absolute atomic E-state index is 0.547. The number of hydrogen-bond donors (Lipinski definition) is 0. The lowest BCUT2D eigenvalue weighted by atomic mass is 10.1. The van der Waals surface area contributed by atoms with Gasteiger partial charge < -0.3 is 4.74 Å². The van der Waals surface area contributed by atoms with Gasteiger partial charge in [0.25, 0.3) is 0 Å². The van der Waals surface area contributed by atoms with Gasteiger partial charge in [-0.25, -0.2) is 4.98 Å². The van der Waals surface area contributed by atoms with E-state index in [9.17, 15) is 0 Å². The Kier molecular flexibility index (Phi) is 5.34. The zero-order chi connectivity index (χ0) is 16.2. The van der Waals surface area contributed by atoms with Crippen LogP contribution in [0.25, 0.3) is 11.3 Å². The van der Waals surface area contributed by atoms with E-state index in [4.69, 9.17) is 32.9 Å². The molecule has 2 nitrogen and oxygen atoms in total. The first-order valence-electron chi connectivity index (χ1n) is 7.14. The SMILES string of the molecule is COCc1sc(Cc2cc(Cl)ccc2Cl)nc1-c1ccccc1. The number of benzene rings is 2. The van der Waals surface area contributed by atoms with Crippen molar-refractivity contribution in [1.29, 1.82) is 0 Å². The molecule has 0 saturated heterocycles. The van der Waals surface area contributed by atoms with E-state index in [1.54, 1.807) is 24.5 Å². The lowest BCUT2D eigenvalue weighted by Gasteiger charge is -2.02. The van der Waals surface area contributed by atoms with Gasteiger partial charge >= 0.3 is 0 Å². The van der Waals surface area contributed by atoms with Crippen LogP contribution in [0.5, 0.6) is 0 Å². The Labute approximate surface area is 149 Å². The van der Waals surface area contributed by atoms with E-state index in [2.05, 4.69) is 12.1 Å². The summed E-state index contributed by atoms with van der Waals surface area (Å²) in [5.41, 5.74) is 3.06. The summed E-state index contributed by atoms with van der Waals surface area (Å²) in [6, 6.07) is 15.6. The van der Waals surface area contributed by atoms with Crippen LogP contribution in [-0.4, -0.2) is 12.1 Å². The average Bonchev–Trinajstić information content (AvgIpc) is 2.95. The minimum atomic E-state index is 0.547. The standard InChI is InChI=1S/C18H15Cl2NOS/c1-22-11-16-18(12-5-3-2-4-6-12)21-17(23-16)10-13-9-14(19)7-8-15(13)20/h2-9H,10-11H2,1H3. The number of aromatic nitrogens is 1. The van der Waals surface area contributed by atoms with Crippen molar-refractivity contribution < 1.29 is 4.74 Å². The molecule has 0 amide bonds. The molecule has 1 aromatic heterocycles. The summed E-state index contributed by atoms with van der Waals surface area (Å²) >= 11 is 14.0. The molecule has 23 heavy (non-hydrogen) atoms. The first-order chi connectivity index (χ1) is 11.2. The van der Waals surface area contributed by atoms with E-state index in [-0.39, 0.29) is 0 Å². The van der Waals surface area contributed by atoms with Crippen molar-refractivity contribution in [1.82, 2.24) is 4.98 Å². The van der Waals surface area contributed by atoms with Gasteiger partial charge in [0.05, 0.1) is 22.2 Å². The summed E-state index contributed by atoms with van der Waals surface area (Å²) in [5.74, 6) is 0. The number of nitrogens with zero attached hydrogens (tertiary/aromatic N) is 1. The van der Waals surface area contributed by atoms with Crippen LogP contribution in [-0.2, 0) is 17.8 Å². The Balaban J connectivity index is 1.96. The Morgan fingerprint density at radius 1 is 1.09 bits per heavy atom. The first kappa shape index (κ1) is 16.5. The Bertz CT molecular complexity index is 802. The largest absolute Gasteiger partial charge is 0.379 e. The summed E-state index contributed by atoms with van der Waals surface area (Å²) in [5, 5.41) is 2.39. The second-order valence-electron chi connectivity index (χ2n) is 5.09. The monoisotopic (exact) mass is 363 g/mol. The van der Waals surface area contributed by atoms with Crippen molar-refractivity contribution in [3.05, 3.63) is 74.0 Å². The normalized spacial score (nSPS) is 10.9. The zero-order valence-electron chi connectivity index (χ0n) is 12.6. The van der Waals surface area contributed by atoms with Crippen LogP contribution in [0.3, 0.4) is 0 Å². The predicted octanol–water partition coefficient (Wildman–Crippen LogP) is 5.85. The van der Waals surface area contributed by atoms with E-state index in [0.717, 1.165) is 26.7 Å². The van der Waals surface area contributed by atoms with Crippen LogP contribution < -0.4 is 0 Å². The Morgan fingerprint density at radius 3 is 2.61 bits per heavy atom. The second-order valence-corrected chi connectivity index (χ2v) is 7.10. The van der Waals surface area contributed by atoms with E-state index in [1.165, 1.54) is 0 Å². The fraction of sp³-hybridized carbons (Fsp3) is 0.167. The molecule has 0 spiro atoms. The van der Waals surface area contributed by atoms with Gasteiger partial charge in [0.2, 0.25) is 0 Å². The lowest BCUT2D eigenvalue weighted by molar-refractivity contribution is 0.188. The van der Waals surface area contributed by atoms with E-state index >= 15 is 0 Å². The van der Waals surface area contributed by atoms with Gasteiger partial charge in [-0.05, 0) is 23.8 Å². The summed E-state index contributed by atoms with van der Waals surface area (Å²) in [6.07, 6.45) is 0.660. The third-order valence-corrected chi connectivity index (χ3v) is 5.05. The number of thiazole rings is 1. The van der Waals surface area contributed by atoms with Gasteiger partial charge in [0.1, 0.15) is 0 Å². The van der Waals surface area contributed by atoms with E-state index in [0.29, 0.717) is 23.1 Å². The van der Waals surface area contributed by atoms with Gasteiger partial charge in [0.15, 0.2) is 0 Å². The number of methoxy groups -OCH3 is 1. The molecule has 0 unspecified atom stereocenters. The lowest BCUT2D eigenvalue weighted by Crippen LogP contribution is -1.90. The molecular weight excluding hydrogens is 349 g/mol. The summed E-state index contributed by atoms with van der Waals surface area (Å²) in [4.78, 5) is 5.92. The van der Waals surface area contributed by atoms with Crippen molar-refractivity contribution in [3.63, 3.8) is 0 Å². The second kappa shape index (κ2) is 7.45. The molecule has 0 atom stereocenters. The predicted molar refractivity (Wildman–Crippen MR) is 97.5 cm³/mol. The molecule has 0 aliphatic rings. The highest BCUT2D eigenvalue weighted by Gasteiger charge is 2.14. The summed E-state index contributed by atoms with van der Waals surface area (Å²) in [7, 11) is 1.70. The maximum absolute atomic E-state index is 6.26. The van der Waals surface area contributed by atoms with Crippen molar-refractivity contribution in [2.75, 3.05) is 7.11 Å². The van der Waals surface area contributed by atoms with Crippen LogP contribution in [0.4, 0.5) is 0 Å². The molecule has 118 valence electrons. The molecule has 0 bridgehead atoms. The highest BCUT2D eigenvalue weighted by Crippen LogP contribution is 2.31. The third kappa shape index (κ3) is 3.93. The molecule has 0 radical (unpaired) electrons. The molecule has 0 fully saturated rings. The van der Waals surface area contributed by atoms with Gasteiger partial charge in [-0.15, -0.1) is 11.3 Å². The highest BCUT2D eigenvalue weighted by atomic mass is 35.5. The quantitative estimate of drug-likeness (QED) is 0.566. The van der Waals surface area contributed by atoms with Crippen molar-refractivity contribution in [2.45, 2.75) is 13.0 Å². The maximum atomic E-state index is 6.26. The molecule has 5 heteroatoms. The van der Waals surface area contributed by atoms with Gasteiger partial charge in [-0.1, -0.05) is 53.5 Å². The average molecular weight is 364 g/mol. The molecule has 0 N–H and O–H groups in total. The molecule has 0 aliphatic heterocycles. The Hall–Kier alpha value is -1.39. The maximum Gasteiger partial charge on any atom is 0.0980 e. The van der Waals surface area contributed by atoms with Gasteiger partial charge in [0, 0.05) is 29.1 Å². The van der Waals surface area contributed by atoms with Gasteiger partial charge in [-0.2, -0.15) is 0 Å². The molecule has 3 rings (SSSR count).